The molecule has 0 spiro atoms. The molecule has 3 rings (SSSR count). The Morgan fingerprint density at radius 1 is 1.03 bits per heavy atom. The molecule has 0 unspecified atom stereocenters. The van der Waals surface area contributed by atoms with E-state index >= 15 is 0 Å². The quantitative estimate of drug-likeness (QED) is 0.392. The van der Waals surface area contributed by atoms with Crippen molar-refractivity contribution < 1.29 is 14.0 Å². The fourth-order valence-electron chi connectivity index (χ4n) is 3.35. The van der Waals surface area contributed by atoms with Gasteiger partial charge in [0.05, 0.1) is 0 Å². The Morgan fingerprint density at radius 3 is 2.37 bits per heavy atom. The van der Waals surface area contributed by atoms with Gasteiger partial charge in [0.15, 0.2) is 5.78 Å². The number of carbonyl (C=O) groups is 2. The number of amides is 1. The second-order valence-corrected chi connectivity index (χ2v) is 7.30. The number of anilines is 1. The molecule has 1 amide bonds. The van der Waals surface area contributed by atoms with Crippen LogP contribution >= 0.6 is 0 Å². The number of pyridine rings is 1. The minimum atomic E-state index is -0.521. The van der Waals surface area contributed by atoms with E-state index in [1.54, 1.807) is 18.0 Å². The van der Waals surface area contributed by atoms with E-state index in [-0.39, 0.29) is 11.7 Å². The van der Waals surface area contributed by atoms with Crippen LogP contribution in [0.5, 0.6) is 0 Å². The molecule has 30 heavy (non-hydrogen) atoms. The highest BCUT2D eigenvalue weighted by Crippen LogP contribution is 2.28. The van der Waals surface area contributed by atoms with Crippen LogP contribution in [0.2, 0.25) is 0 Å². The van der Waals surface area contributed by atoms with Gasteiger partial charge in [-0.25, -0.2) is 4.98 Å². The van der Waals surface area contributed by atoms with Crippen molar-refractivity contribution in [3.05, 3.63) is 83.4 Å². The average Bonchev–Trinajstić information content (AvgIpc) is 2.77. The number of ketones is 1. The number of benzene rings is 2. The third kappa shape index (κ3) is 4.98. The summed E-state index contributed by atoms with van der Waals surface area (Å²) in [6, 6.07) is 16.4. The van der Waals surface area contributed by atoms with Crippen LogP contribution in [0.3, 0.4) is 0 Å². The predicted molar refractivity (Wildman–Crippen MR) is 117 cm³/mol. The van der Waals surface area contributed by atoms with Gasteiger partial charge in [-0.15, -0.1) is 0 Å². The Balaban J connectivity index is 1.69. The fraction of sp³-hybridized carbons (Fsp3) is 0.240. The first-order valence-corrected chi connectivity index (χ1v) is 10.00. The Hall–Kier alpha value is -3.34. The Kier molecular flexibility index (Phi) is 6.72. The van der Waals surface area contributed by atoms with E-state index in [4.69, 9.17) is 0 Å². The summed E-state index contributed by atoms with van der Waals surface area (Å²) in [6.45, 7) is 3.86. The Morgan fingerprint density at radius 2 is 1.77 bits per heavy atom. The molecule has 0 aliphatic heterocycles. The third-order valence-corrected chi connectivity index (χ3v) is 5.22. The molecule has 0 aliphatic rings. The summed E-state index contributed by atoms with van der Waals surface area (Å²) in [5.41, 5.74) is 5.49. The van der Waals surface area contributed by atoms with Crippen molar-refractivity contribution in [3.63, 3.8) is 0 Å². The van der Waals surface area contributed by atoms with E-state index in [9.17, 15) is 14.0 Å². The first-order chi connectivity index (χ1) is 14.4. The molecule has 1 aromatic heterocycles. The second-order valence-electron chi connectivity index (χ2n) is 7.30. The zero-order valence-electron chi connectivity index (χ0n) is 17.5. The largest absolute Gasteiger partial charge is 0.316 e. The molecule has 0 aliphatic carbocycles. The number of halogens is 1. The molecule has 5 heteroatoms. The van der Waals surface area contributed by atoms with E-state index in [1.807, 2.05) is 56.3 Å². The van der Waals surface area contributed by atoms with Gasteiger partial charge in [0.2, 0.25) is 11.9 Å². The van der Waals surface area contributed by atoms with Crippen molar-refractivity contribution in [2.24, 2.45) is 0 Å². The van der Waals surface area contributed by atoms with Crippen LogP contribution in [0.1, 0.15) is 41.3 Å². The highest BCUT2D eigenvalue weighted by Gasteiger charge is 2.12. The molecule has 154 valence electrons. The van der Waals surface area contributed by atoms with E-state index in [0.717, 1.165) is 27.9 Å². The summed E-state index contributed by atoms with van der Waals surface area (Å²) >= 11 is 0. The molecule has 4 nitrogen and oxygen atoms in total. The third-order valence-electron chi connectivity index (χ3n) is 5.22. The number of rotatable bonds is 7. The van der Waals surface area contributed by atoms with Crippen LogP contribution in [0.25, 0.3) is 11.1 Å². The first kappa shape index (κ1) is 21.4. The molecule has 2 aromatic carbocycles. The van der Waals surface area contributed by atoms with Crippen molar-refractivity contribution in [2.45, 2.75) is 33.1 Å². The van der Waals surface area contributed by atoms with Crippen LogP contribution < -0.4 is 4.90 Å². The summed E-state index contributed by atoms with van der Waals surface area (Å²) in [6.07, 6.45) is 2.80. The van der Waals surface area contributed by atoms with Crippen LogP contribution in [-0.2, 0) is 11.2 Å². The highest BCUT2D eigenvalue weighted by molar-refractivity contribution is 5.97. The highest BCUT2D eigenvalue weighted by atomic mass is 19.1. The lowest BCUT2D eigenvalue weighted by Gasteiger charge is -2.18. The number of Topliss-reactive ketones (excluding diaryl/α,β-unsaturated/α-hetero) is 1. The van der Waals surface area contributed by atoms with Gasteiger partial charge < -0.3 is 4.90 Å². The second kappa shape index (κ2) is 9.44. The lowest BCUT2D eigenvalue weighted by Crippen LogP contribution is -2.25. The summed E-state index contributed by atoms with van der Waals surface area (Å²) in [7, 11) is 1.78. The van der Waals surface area contributed by atoms with E-state index in [1.165, 1.54) is 12.3 Å². The maximum Gasteiger partial charge on any atom is 0.226 e. The number of carbonyl (C=O) groups excluding carboxylic acids is 2. The van der Waals surface area contributed by atoms with Crippen LogP contribution in [0.15, 0.2) is 60.8 Å². The molecular weight excluding hydrogens is 379 g/mol. The molecule has 0 radical (unpaired) electrons. The molecule has 0 fully saturated rings. The lowest BCUT2D eigenvalue weighted by atomic mass is 9.97. The van der Waals surface area contributed by atoms with Gasteiger partial charge in [0.25, 0.3) is 0 Å². The maximum atomic E-state index is 12.9. The van der Waals surface area contributed by atoms with Gasteiger partial charge >= 0.3 is 0 Å². The van der Waals surface area contributed by atoms with Crippen molar-refractivity contribution in [3.8, 4) is 11.1 Å². The van der Waals surface area contributed by atoms with E-state index < -0.39 is 5.95 Å². The van der Waals surface area contributed by atoms with Crippen molar-refractivity contribution in [1.82, 2.24) is 4.98 Å². The molecule has 0 atom stereocenters. The SMILES string of the molecule is CCC(=O)N(C)c1ccc(-c2ccc(C(=O)CCc3ccc(F)nc3)cc2)c(C)c1. The predicted octanol–water partition coefficient (Wildman–Crippen LogP) is 5.38. The van der Waals surface area contributed by atoms with Gasteiger partial charge in [-0.1, -0.05) is 43.3 Å². The van der Waals surface area contributed by atoms with Crippen LogP contribution in [-0.4, -0.2) is 23.7 Å². The summed E-state index contributed by atoms with van der Waals surface area (Å²) in [5, 5.41) is 0. The number of aromatic nitrogens is 1. The average molecular weight is 404 g/mol. The van der Waals surface area contributed by atoms with Gasteiger partial charge in [0, 0.05) is 37.3 Å². The number of nitrogens with zero attached hydrogens (tertiary/aromatic N) is 2. The summed E-state index contributed by atoms with van der Waals surface area (Å²) in [5.74, 6) is -0.410. The molecule has 1 heterocycles. The minimum absolute atomic E-state index is 0.0395. The molecular formula is C25H25FN2O2. The molecule has 0 saturated heterocycles. The molecule has 0 N–H and O–H groups in total. The van der Waals surface area contributed by atoms with Crippen LogP contribution in [0, 0.1) is 12.9 Å². The minimum Gasteiger partial charge on any atom is -0.316 e. The van der Waals surface area contributed by atoms with Crippen molar-refractivity contribution in [1.29, 1.82) is 0 Å². The van der Waals surface area contributed by atoms with Crippen molar-refractivity contribution in [2.75, 3.05) is 11.9 Å². The zero-order valence-corrected chi connectivity index (χ0v) is 17.5. The Labute approximate surface area is 176 Å². The van der Waals surface area contributed by atoms with Gasteiger partial charge in [-0.05, 0) is 53.8 Å². The normalized spacial score (nSPS) is 10.7. The standard InChI is InChI=1S/C25H25FN2O2/c1-4-25(30)28(3)21-11-12-22(17(2)15-21)19-7-9-20(10-8-19)23(29)13-5-18-6-14-24(26)27-16-18/h6-12,14-16H,4-5,13H2,1-3H3. The monoisotopic (exact) mass is 404 g/mol. The van der Waals surface area contributed by atoms with Gasteiger partial charge in [0.1, 0.15) is 0 Å². The van der Waals surface area contributed by atoms with Gasteiger partial charge in [-0.2, -0.15) is 4.39 Å². The summed E-state index contributed by atoms with van der Waals surface area (Å²) in [4.78, 5) is 29.7. The molecule has 0 saturated carbocycles. The topological polar surface area (TPSA) is 50.3 Å². The lowest BCUT2D eigenvalue weighted by molar-refractivity contribution is -0.118. The summed E-state index contributed by atoms with van der Waals surface area (Å²) < 4.78 is 12.9. The molecule has 3 aromatic rings. The van der Waals surface area contributed by atoms with Crippen LogP contribution in [0.4, 0.5) is 10.1 Å². The van der Waals surface area contributed by atoms with Gasteiger partial charge in [-0.3, -0.25) is 9.59 Å². The maximum absolute atomic E-state index is 12.9. The number of aryl methyl sites for hydroxylation is 2. The number of hydrogen-bond acceptors (Lipinski definition) is 3. The van der Waals surface area contributed by atoms with Crippen molar-refractivity contribution >= 4 is 17.4 Å². The smallest absolute Gasteiger partial charge is 0.226 e. The molecule has 0 bridgehead atoms. The van der Waals surface area contributed by atoms with E-state index in [0.29, 0.717) is 24.8 Å². The van der Waals surface area contributed by atoms with E-state index in [2.05, 4.69) is 4.98 Å². The zero-order chi connectivity index (χ0) is 21.7. The number of hydrogen-bond donors (Lipinski definition) is 0. The first-order valence-electron chi connectivity index (χ1n) is 10.00. The fourth-order valence-corrected chi connectivity index (χ4v) is 3.35. The Bertz CT molecular complexity index is 1040.